The van der Waals surface area contributed by atoms with E-state index in [1.807, 2.05) is 59.2 Å². The van der Waals surface area contributed by atoms with Crippen molar-refractivity contribution >= 4 is 17.0 Å². The average Bonchev–Trinajstić information content (AvgIpc) is 2.98. The lowest BCUT2D eigenvalue weighted by atomic mass is 10.0. The highest BCUT2D eigenvalue weighted by Gasteiger charge is 2.39. The van der Waals surface area contributed by atoms with Crippen molar-refractivity contribution < 1.29 is 4.92 Å². The minimum atomic E-state index is -0.563. The number of hydrogen-bond donors (Lipinski definition) is 2. The van der Waals surface area contributed by atoms with E-state index in [4.69, 9.17) is 0 Å². The molecule has 1 aliphatic rings. The molecule has 0 radical (unpaired) electrons. The molecule has 1 aliphatic heterocycles. The van der Waals surface area contributed by atoms with Crippen molar-refractivity contribution in [3.05, 3.63) is 81.8 Å². The first-order valence-electron chi connectivity index (χ1n) is 7.56. The minimum absolute atomic E-state index is 0.0688. The van der Waals surface area contributed by atoms with E-state index < -0.39 is 6.04 Å². The summed E-state index contributed by atoms with van der Waals surface area (Å²) < 4.78 is 1.88. The molecule has 2 heterocycles. The van der Waals surface area contributed by atoms with Gasteiger partial charge in [-0.05, 0) is 17.7 Å². The molecule has 1 atom stereocenters. The molecule has 24 heavy (non-hydrogen) atoms. The lowest BCUT2D eigenvalue weighted by molar-refractivity contribution is -0.432. The van der Waals surface area contributed by atoms with Crippen LogP contribution in [-0.2, 0) is 0 Å². The largest absolute Gasteiger partial charge is 0.369 e. The third-order valence-corrected chi connectivity index (χ3v) is 4.17. The van der Waals surface area contributed by atoms with Crippen LogP contribution in [0.25, 0.3) is 11.0 Å². The zero-order valence-electron chi connectivity index (χ0n) is 12.9. The Labute approximate surface area is 137 Å². The Kier molecular flexibility index (Phi) is 3.19. The zero-order valence-corrected chi connectivity index (χ0v) is 12.9. The molecule has 4 rings (SSSR count). The van der Waals surface area contributed by atoms with Gasteiger partial charge in [-0.15, -0.1) is 0 Å². The summed E-state index contributed by atoms with van der Waals surface area (Å²) in [5.74, 6) is 0.941. The van der Waals surface area contributed by atoms with Crippen molar-refractivity contribution in [3.8, 4) is 0 Å². The number of hydrogen-bond acceptors (Lipinski definition) is 5. The van der Waals surface area contributed by atoms with Gasteiger partial charge in [-0.3, -0.25) is 14.7 Å². The molecule has 1 aromatic heterocycles. The molecule has 7 heteroatoms. The molecule has 0 bridgehead atoms. The van der Waals surface area contributed by atoms with Crippen molar-refractivity contribution in [2.24, 2.45) is 0 Å². The molecule has 2 N–H and O–H groups in total. The molecule has 7 nitrogen and oxygen atoms in total. The molecule has 0 saturated heterocycles. The van der Waals surface area contributed by atoms with E-state index in [0.717, 1.165) is 16.6 Å². The fourth-order valence-electron chi connectivity index (χ4n) is 3.15. The van der Waals surface area contributed by atoms with Gasteiger partial charge in [-0.2, -0.15) is 0 Å². The van der Waals surface area contributed by atoms with Gasteiger partial charge in [0.05, 0.1) is 16.0 Å². The Morgan fingerprint density at radius 3 is 2.58 bits per heavy atom. The zero-order chi connectivity index (χ0) is 16.7. The van der Waals surface area contributed by atoms with Gasteiger partial charge >= 0.3 is 5.70 Å². The maximum absolute atomic E-state index is 11.8. The van der Waals surface area contributed by atoms with E-state index in [1.165, 1.54) is 0 Å². The van der Waals surface area contributed by atoms with Crippen LogP contribution in [0.3, 0.4) is 0 Å². The molecule has 0 spiro atoms. The number of para-hydroxylation sites is 2. The first-order valence-corrected chi connectivity index (χ1v) is 7.56. The molecule has 0 fully saturated rings. The predicted molar refractivity (Wildman–Crippen MR) is 91.0 cm³/mol. The fourth-order valence-corrected chi connectivity index (χ4v) is 3.15. The second-order valence-corrected chi connectivity index (χ2v) is 5.50. The normalized spacial score (nSPS) is 16.6. The van der Waals surface area contributed by atoms with Crippen LogP contribution in [0.4, 0.5) is 5.95 Å². The molecule has 0 aliphatic carbocycles. The van der Waals surface area contributed by atoms with Gasteiger partial charge in [0.1, 0.15) is 0 Å². The lowest BCUT2D eigenvalue weighted by Gasteiger charge is -2.26. The molecule has 120 valence electrons. The second kappa shape index (κ2) is 5.38. The van der Waals surface area contributed by atoms with E-state index in [1.54, 1.807) is 7.05 Å². The number of nitro groups is 1. The summed E-state index contributed by atoms with van der Waals surface area (Å²) in [6, 6.07) is 16.5. The SMILES string of the molecule is CNC1=C([N+](=O)[O-])C(c2ccccc2)n2c(nc3ccccc32)N1. The molecule has 2 aromatic carbocycles. The number of benzene rings is 2. The van der Waals surface area contributed by atoms with E-state index in [0.29, 0.717) is 11.8 Å². The quantitative estimate of drug-likeness (QED) is 0.572. The Morgan fingerprint density at radius 2 is 1.88 bits per heavy atom. The van der Waals surface area contributed by atoms with Gasteiger partial charge in [0.15, 0.2) is 11.9 Å². The van der Waals surface area contributed by atoms with Crippen LogP contribution in [0.2, 0.25) is 0 Å². The number of fused-ring (bicyclic) bond motifs is 3. The first kappa shape index (κ1) is 14.3. The highest BCUT2D eigenvalue weighted by molar-refractivity contribution is 5.80. The third kappa shape index (κ3) is 2.02. The van der Waals surface area contributed by atoms with Gasteiger partial charge in [0, 0.05) is 7.05 Å². The summed E-state index contributed by atoms with van der Waals surface area (Å²) in [5, 5.41) is 17.7. The monoisotopic (exact) mass is 321 g/mol. The molecule has 0 amide bonds. The minimum Gasteiger partial charge on any atom is -0.369 e. The number of nitrogens with one attached hydrogen (secondary N) is 2. The summed E-state index contributed by atoms with van der Waals surface area (Å²) in [7, 11) is 1.66. The third-order valence-electron chi connectivity index (χ3n) is 4.17. The highest BCUT2D eigenvalue weighted by atomic mass is 16.6. The number of allylic oxidation sites excluding steroid dienone is 1. The summed E-state index contributed by atoms with van der Waals surface area (Å²) in [6.07, 6.45) is 0. The number of imidazole rings is 1. The van der Waals surface area contributed by atoms with Crippen LogP contribution in [0.1, 0.15) is 11.6 Å². The maximum atomic E-state index is 11.8. The molecule has 0 saturated carbocycles. The van der Waals surface area contributed by atoms with Crippen LogP contribution in [-0.4, -0.2) is 21.5 Å². The van der Waals surface area contributed by atoms with E-state index >= 15 is 0 Å². The Balaban J connectivity index is 2.05. The smallest absolute Gasteiger partial charge is 0.313 e. The van der Waals surface area contributed by atoms with E-state index in [2.05, 4.69) is 15.6 Å². The maximum Gasteiger partial charge on any atom is 0.313 e. The summed E-state index contributed by atoms with van der Waals surface area (Å²) in [6.45, 7) is 0. The topological polar surface area (TPSA) is 85.0 Å². The Bertz CT molecular complexity index is 962. The van der Waals surface area contributed by atoms with Crippen molar-refractivity contribution in [1.29, 1.82) is 0 Å². The fraction of sp³-hybridized carbons (Fsp3) is 0.118. The number of anilines is 1. The average molecular weight is 321 g/mol. The highest BCUT2D eigenvalue weighted by Crippen LogP contribution is 2.38. The van der Waals surface area contributed by atoms with E-state index in [-0.39, 0.29) is 10.6 Å². The van der Waals surface area contributed by atoms with Crippen molar-refractivity contribution in [3.63, 3.8) is 0 Å². The van der Waals surface area contributed by atoms with Crippen LogP contribution >= 0.6 is 0 Å². The molecular weight excluding hydrogens is 306 g/mol. The van der Waals surface area contributed by atoms with Crippen LogP contribution < -0.4 is 10.6 Å². The Morgan fingerprint density at radius 1 is 1.17 bits per heavy atom. The van der Waals surface area contributed by atoms with Gasteiger partial charge in [-0.25, -0.2) is 4.98 Å². The molecule has 3 aromatic rings. The van der Waals surface area contributed by atoms with Gasteiger partial charge in [-0.1, -0.05) is 42.5 Å². The summed E-state index contributed by atoms with van der Waals surface area (Å²) in [4.78, 5) is 16.0. The lowest BCUT2D eigenvalue weighted by Crippen LogP contribution is -2.33. The standard InChI is InChI=1S/C17H15N5O2/c1-18-16-15(22(23)24)14(11-7-3-2-4-8-11)21-13-10-6-5-9-12(13)19-17(21)20-16/h2-10,14,18H,1H3,(H,19,20). The number of nitrogens with zero attached hydrogens (tertiary/aromatic N) is 3. The van der Waals surface area contributed by atoms with Gasteiger partial charge in [0.25, 0.3) is 0 Å². The first-order chi connectivity index (χ1) is 11.7. The molecular formula is C17H15N5O2. The number of rotatable bonds is 3. The van der Waals surface area contributed by atoms with Crippen molar-refractivity contribution in [1.82, 2.24) is 14.9 Å². The van der Waals surface area contributed by atoms with Crippen LogP contribution in [0.5, 0.6) is 0 Å². The summed E-state index contributed by atoms with van der Waals surface area (Å²) in [5.41, 5.74) is 2.55. The van der Waals surface area contributed by atoms with Gasteiger partial charge < -0.3 is 10.6 Å². The van der Waals surface area contributed by atoms with Crippen LogP contribution in [0, 0.1) is 10.1 Å². The number of aromatic nitrogens is 2. The molecule has 1 unspecified atom stereocenters. The van der Waals surface area contributed by atoms with Crippen molar-refractivity contribution in [2.45, 2.75) is 6.04 Å². The van der Waals surface area contributed by atoms with Gasteiger partial charge in [0.2, 0.25) is 5.95 Å². The Hall–Kier alpha value is -3.35. The van der Waals surface area contributed by atoms with Crippen molar-refractivity contribution in [2.75, 3.05) is 12.4 Å². The summed E-state index contributed by atoms with van der Waals surface area (Å²) >= 11 is 0. The second-order valence-electron chi connectivity index (χ2n) is 5.50. The predicted octanol–water partition coefficient (Wildman–Crippen LogP) is 2.72. The van der Waals surface area contributed by atoms with Crippen LogP contribution in [0.15, 0.2) is 66.1 Å². The van der Waals surface area contributed by atoms with E-state index in [9.17, 15) is 10.1 Å².